The SMILES string of the molecule is CNc1ncc(F)c(N2CCCCC2C)n1. The van der Waals surface area contributed by atoms with Gasteiger partial charge in [-0.15, -0.1) is 0 Å². The van der Waals surface area contributed by atoms with E-state index in [0.717, 1.165) is 19.4 Å². The summed E-state index contributed by atoms with van der Waals surface area (Å²) in [5.41, 5.74) is 0. The van der Waals surface area contributed by atoms with Crippen molar-refractivity contribution in [1.82, 2.24) is 9.97 Å². The average molecular weight is 224 g/mol. The molecule has 1 atom stereocenters. The standard InChI is InChI=1S/C11H17FN4/c1-8-5-3-4-6-16(8)10-9(12)7-14-11(13-2)15-10/h7-8H,3-6H2,1-2H3,(H,13,14,15). The van der Waals surface area contributed by atoms with E-state index in [-0.39, 0.29) is 5.82 Å². The highest BCUT2D eigenvalue weighted by molar-refractivity contribution is 5.44. The summed E-state index contributed by atoms with van der Waals surface area (Å²) in [5.74, 6) is 0.550. The van der Waals surface area contributed by atoms with Gasteiger partial charge in [0.1, 0.15) is 0 Å². The Hall–Kier alpha value is -1.39. The van der Waals surface area contributed by atoms with E-state index in [9.17, 15) is 4.39 Å². The zero-order valence-electron chi connectivity index (χ0n) is 9.70. The van der Waals surface area contributed by atoms with Gasteiger partial charge in [0, 0.05) is 19.6 Å². The number of hydrogen-bond acceptors (Lipinski definition) is 4. The van der Waals surface area contributed by atoms with Crippen LogP contribution in [-0.4, -0.2) is 29.6 Å². The lowest BCUT2D eigenvalue weighted by Gasteiger charge is -2.34. The number of aromatic nitrogens is 2. The molecular weight excluding hydrogens is 207 g/mol. The predicted molar refractivity (Wildman–Crippen MR) is 62.2 cm³/mol. The van der Waals surface area contributed by atoms with Crippen molar-refractivity contribution in [3.8, 4) is 0 Å². The van der Waals surface area contributed by atoms with Crippen LogP contribution in [0.15, 0.2) is 6.20 Å². The summed E-state index contributed by atoms with van der Waals surface area (Å²) >= 11 is 0. The highest BCUT2D eigenvalue weighted by atomic mass is 19.1. The maximum atomic E-state index is 13.7. The monoisotopic (exact) mass is 224 g/mol. The Bertz CT molecular complexity index is 369. The van der Waals surface area contributed by atoms with Crippen LogP contribution in [0.4, 0.5) is 16.2 Å². The molecule has 0 aliphatic carbocycles. The van der Waals surface area contributed by atoms with Gasteiger partial charge in [-0.1, -0.05) is 0 Å². The fourth-order valence-corrected chi connectivity index (χ4v) is 2.09. The molecule has 1 aromatic heterocycles. The summed E-state index contributed by atoms with van der Waals surface area (Å²) in [6.07, 6.45) is 4.64. The van der Waals surface area contributed by atoms with Crippen molar-refractivity contribution in [2.24, 2.45) is 0 Å². The Kier molecular flexibility index (Phi) is 3.22. The number of rotatable bonds is 2. The van der Waals surface area contributed by atoms with Crippen LogP contribution in [0.25, 0.3) is 0 Å². The van der Waals surface area contributed by atoms with E-state index < -0.39 is 0 Å². The minimum atomic E-state index is -0.340. The van der Waals surface area contributed by atoms with Gasteiger partial charge in [-0.25, -0.2) is 9.37 Å². The molecule has 1 aliphatic heterocycles. The van der Waals surface area contributed by atoms with Crippen LogP contribution in [0.2, 0.25) is 0 Å². The van der Waals surface area contributed by atoms with Crippen molar-refractivity contribution in [2.45, 2.75) is 32.2 Å². The molecule has 2 rings (SSSR count). The maximum absolute atomic E-state index is 13.7. The first-order valence-corrected chi connectivity index (χ1v) is 5.69. The van der Waals surface area contributed by atoms with Crippen LogP contribution >= 0.6 is 0 Å². The molecule has 0 spiro atoms. The maximum Gasteiger partial charge on any atom is 0.224 e. The summed E-state index contributed by atoms with van der Waals surface area (Å²) in [5, 5.41) is 2.83. The zero-order chi connectivity index (χ0) is 11.5. The minimum Gasteiger partial charge on any atom is -0.357 e. The predicted octanol–water partition coefficient (Wildman–Crippen LogP) is 2.04. The molecule has 2 heterocycles. The van der Waals surface area contributed by atoms with Gasteiger partial charge >= 0.3 is 0 Å². The molecule has 16 heavy (non-hydrogen) atoms. The second-order valence-electron chi connectivity index (χ2n) is 4.15. The number of anilines is 2. The molecule has 88 valence electrons. The van der Waals surface area contributed by atoms with Gasteiger partial charge in [0.05, 0.1) is 6.20 Å². The molecule has 1 aromatic rings. The van der Waals surface area contributed by atoms with Gasteiger partial charge in [-0.2, -0.15) is 4.98 Å². The first-order chi connectivity index (χ1) is 7.72. The lowest BCUT2D eigenvalue weighted by molar-refractivity contribution is 0.470. The van der Waals surface area contributed by atoms with E-state index in [2.05, 4.69) is 22.2 Å². The van der Waals surface area contributed by atoms with Crippen molar-refractivity contribution < 1.29 is 4.39 Å². The van der Waals surface area contributed by atoms with Gasteiger partial charge in [-0.05, 0) is 26.2 Å². The molecule has 0 amide bonds. The fraction of sp³-hybridized carbons (Fsp3) is 0.636. The van der Waals surface area contributed by atoms with Gasteiger partial charge in [0.2, 0.25) is 5.95 Å². The first-order valence-electron chi connectivity index (χ1n) is 5.69. The minimum absolute atomic E-state index is 0.340. The Labute approximate surface area is 94.9 Å². The lowest BCUT2D eigenvalue weighted by Crippen LogP contribution is -2.38. The van der Waals surface area contributed by atoms with E-state index in [1.54, 1.807) is 7.05 Å². The van der Waals surface area contributed by atoms with Crippen molar-refractivity contribution in [2.75, 3.05) is 23.8 Å². The Morgan fingerprint density at radius 2 is 2.31 bits per heavy atom. The molecule has 1 unspecified atom stereocenters. The van der Waals surface area contributed by atoms with Gasteiger partial charge in [-0.3, -0.25) is 0 Å². The largest absolute Gasteiger partial charge is 0.357 e. The zero-order valence-corrected chi connectivity index (χ0v) is 9.70. The molecule has 1 N–H and O–H groups in total. The van der Waals surface area contributed by atoms with E-state index in [1.165, 1.54) is 12.6 Å². The van der Waals surface area contributed by atoms with E-state index in [4.69, 9.17) is 0 Å². The highest BCUT2D eigenvalue weighted by Gasteiger charge is 2.22. The van der Waals surface area contributed by atoms with Crippen LogP contribution in [-0.2, 0) is 0 Å². The van der Waals surface area contributed by atoms with Gasteiger partial charge in [0.15, 0.2) is 11.6 Å². The molecule has 4 nitrogen and oxygen atoms in total. The number of piperidine rings is 1. The molecule has 5 heteroatoms. The number of halogens is 1. The fourth-order valence-electron chi connectivity index (χ4n) is 2.09. The summed E-state index contributed by atoms with van der Waals surface area (Å²) in [6.45, 7) is 2.98. The van der Waals surface area contributed by atoms with Crippen molar-refractivity contribution in [3.63, 3.8) is 0 Å². The normalized spacial score (nSPS) is 20.9. The van der Waals surface area contributed by atoms with Crippen molar-refractivity contribution in [1.29, 1.82) is 0 Å². The molecule has 1 fully saturated rings. The van der Waals surface area contributed by atoms with Crippen LogP contribution in [0, 0.1) is 5.82 Å². The van der Waals surface area contributed by atoms with Crippen LogP contribution < -0.4 is 10.2 Å². The van der Waals surface area contributed by atoms with E-state index >= 15 is 0 Å². The number of hydrogen-bond donors (Lipinski definition) is 1. The third kappa shape index (κ3) is 2.08. The molecule has 0 saturated carbocycles. The van der Waals surface area contributed by atoms with Gasteiger partial charge in [0.25, 0.3) is 0 Å². The quantitative estimate of drug-likeness (QED) is 0.834. The van der Waals surface area contributed by atoms with E-state index in [0.29, 0.717) is 17.8 Å². The molecule has 0 aromatic carbocycles. The topological polar surface area (TPSA) is 41.1 Å². The Morgan fingerprint density at radius 1 is 1.50 bits per heavy atom. The van der Waals surface area contributed by atoms with Crippen molar-refractivity contribution in [3.05, 3.63) is 12.0 Å². The smallest absolute Gasteiger partial charge is 0.224 e. The third-order valence-electron chi connectivity index (χ3n) is 3.02. The van der Waals surface area contributed by atoms with Crippen molar-refractivity contribution >= 4 is 11.8 Å². The first kappa shape index (κ1) is 11.1. The number of nitrogens with zero attached hydrogens (tertiary/aromatic N) is 3. The lowest BCUT2D eigenvalue weighted by atomic mass is 10.0. The van der Waals surface area contributed by atoms with Crippen LogP contribution in [0.5, 0.6) is 0 Å². The molecular formula is C11H17FN4. The molecule has 1 saturated heterocycles. The van der Waals surface area contributed by atoms with E-state index in [1.807, 2.05) is 4.90 Å². The number of nitrogens with one attached hydrogen (secondary N) is 1. The highest BCUT2D eigenvalue weighted by Crippen LogP contribution is 2.25. The molecule has 0 radical (unpaired) electrons. The van der Waals surface area contributed by atoms with Crippen LogP contribution in [0.1, 0.15) is 26.2 Å². The second-order valence-corrected chi connectivity index (χ2v) is 4.15. The second kappa shape index (κ2) is 4.63. The summed E-state index contributed by atoms with van der Waals surface area (Å²) < 4.78 is 13.7. The van der Waals surface area contributed by atoms with Crippen LogP contribution in [0.3, 0.4) is 0 Å². The third-order valence-corrected chi connectivity index (χ3v) is 3.02. The Morgan fingerprint density at radius 3 is 3.00 bits per heavy atom. The summed E-state index contributed by atoms with van der Waals surface area (Å²) in [4.78, 5) is 10.1. The Balaban J connectivity index is 2.30. The van der Waals surface area contributed by atoms with Gasteiger partial charge < -0.3 is 10.2 Å². The summed E-state index contributed by atoms with van der Waals surface area (Å²) in [6, 6.07) is 0.350. The molecule has 1 aliphatic rings. The average Bonchev–Trinajstić information content (AvgIpc) is 2.31. The molecule has 0 bridgehead atoms. The summed E-state index contributed by atoms with van der Waals surface area (Å²) in [7, 11) is 1.73.